The first-order chi connectivity index (χ1) is 9.22. The molecule has 0 spiro atoms. The summed E-state index contributed by atoms with van der Waals surface area (Å²) in [5.41, 5.74) is 2.30. The molecule has 0 fully saturated rings. The maximum atomic E-state index is 12.1. The average molecular weight is 267 g/mol. The van der Waals surface area contributed by atoms with E-state index < -0.39 is 0 Å². The summed E-state index contributed by atoms with van der Waals surface area (Å²) >= 11 is 1.47. The average Bonchev–Trinajstić information content (AvgIpc) is 2.80. The first-order valence-electron chi connectivity index (χ1n) is 5.81. The van der Waals surface area contributed by atoms with E-state index in [0.29, 0.717) is 10.7 Å². The van der Waals surface area contributed by atoms with Crippen LogP contribution in [0.15, 0.2) is 48.5 Å². The molecule has 1 amide bonds. The number of fused-ring (bicyclic) bond motifs is 1. The van der Waals surface area contributed by atoms with Gasteiger partial charge in [-0.05, 0) is 36.8 Å². The Kier molecular flexibility index (Phi) is 3.01. The number of aromatic nitrogens is 1. The van der Waals surface area contributed by atoms with Crippen LogP contribution in [0.3, 0.4) is 0 Å². The maximum Gasteiger partial charge on any atom is 0.257 e. The molecule has 0 aliphatic rings. The molecule has 3 nitrogen and oxygen atoms in total. The normalized spacial score (nSPS) is 10.6. The Morgan fingerprint density at radius 2 is 2.00 bits per heavy atom. The van der Waals surface area contributed by atoms with Gasteiger partial charge in [-0.1, -0.05) is 35.6 Å². The van der Waals surface area contributed by atoms with Crippen molar-refractivity contribution in [1.82, 2.24) is 4.98 Å². The lowest BCUT2D eigenvalue weighted by molar-refractivity contribution is 0.102. The molecule has 3 aromatic rings. The van der Waals surface area contributed by atoms with Crippen molar-refractivity contribution in [2.24, 2.45) is 0 Å². The third kappa shape index (κ3) is 2.48. The molecule has 1 heterocycles. The largest absolute Gasteiger partial charge is 0.298 e. The van der Waals surface area contributed by atoms with Crippen LogP contribution in [0.2, 0.25) is 0 Å². The zero-order valence-corrected chi connectivity index (χ0v) is 10.9. The predicted molar refractivity (Wildman–Crippen MR) is 78.5 cm³/mol. The predicted octanol–water partition coefficient (Wildman–Crippen LogP) is 3.73. The van der Waals surface area contributed by atoms with E-state index in [1.807, 2.05) is 36.4 Å². The Labute approximate surface area is 114 Å². The highest BCUT2D eigenvalue weighted by molar-refractivity contribution is 7.22. The third-order valence-electron chi connectivity index (χ3n) is 2.70. The van der Waals surface area contributed by atoms with Gasteiger partial charge in [-0.15, -0.1) is 0 Å². The van der Waals surface area contributed by atoms with Gasteiger partial charge in [0.1, 0.15) is 0 Å². The van der Waals surface area contributed by atoms with Crippen LogP contribution in [-0.2, 0) is 0 Å². The zero-order valence-electron chi connectivity index (χ0n) is 10.1. The van der Waals surface area contributed by atoms with Crippen LogP contribution in [0.1, 0.15) is 15.9 Å². The van der Waals surface area contributed by atoms with Crippen molar-refractivity contribution < 1.29 is 4.79 Å². The SMILES string of the molecule is [CH2]c1cccc(C(=O)Nc2nc3ccccc3s2)c1. The van der Waals surface area contributed by atoms with Gasteiger partial charge in [0.25, 0.3) is 5.91 Å². The van der Waals surface area contributed by atoms with Gasteiger partial charge in [0.2, 0.25) is 0 Å². The van der Waals surface area contributed by atoms with E-state index in [4.69, 9.17) is 0 Å². The van der Waals surface area contributed by atoms with Crippen LogP contribution < -0.4 is 5.32 Å². The summed E-state index contributed by atoms with van der Waals surface area (Å²) < 4.78 is 1.06. The van der Waals surface area contributed by atoms with E-state index in [1.54, 1.807) is 12.1 Å². The van der Waals surface area contributed by atoms with Crippen LogP contribution >= 0.6 is 11.3 Å². The molecule has 19 heavy (non-hydrogen) atoms. The Bertz CT molecular complexity index is 715. The van der Waals surface area contributed by atoms with Crippen LogP contribution in [0.4, 0.5) is 5.13 Å². The highest BCUT2D eigenvalue weighted by atomic mass is 32.1. The van der Waals surface area contributed by atoms with Crippen LogP contribution in [-0.4, -0.2) is 10.9 Å². The molecular weight excluding hydrogens is 256 g/mol. The molecule has 93 valence electrons. The van der Waals surface area contributed by atoms with Gasteiger partial charge in [-0.2, -0.15) is 0 Å². The van der Waals surface area contributed by atoms with E-state index in [1.165, 1.54) is 11.3 Å². The van der Waals surface area contributed by atoms with E-state index in [0.717, 1.165) is 15.8 Å². The number of nitrogens with zero attached hydrogens (tertiary/aromatic N) is 1. The van der Waals surface area contributed by atoms with Gasteiger partial charge in [0, 0.05) is 5.56 Å². The highest BCUT2D eigenvalue weighted by Crippen LogP contribution is 2.25. The number of nitrogens with one attached hydrogen (secondary N) is 1. The number of anilines is 1. The van der Waals surface area contributed by atoms with Gasteiger partial charge in [-0.3, -0.25) is 10.1 Å². The van der Waals surface area contributed by atoms with Gasteiger partial charge >= 0.3 is 0 Å². The zero-order chi connectivity index (χ0) is 13.2. The first kappa shape index (κ1) is 11.9. The summed E-state index contributed by atoms with van der Waals surface area (Å²) in [6.07, 6.45) is 0. The summed E-state index contributed by atoms with van der Waals surface area (Å²) in [6, 6.07) is 15.0. The molecule has 3 rings (SSSR count). The lowest BCUT2D eigenvalue weighted by atomic mass is 10.1. The number of carbonyl (C=O) groups excluding carboxylic acids is 1. The quantitative estimate of drug-likeness (QED) is 0.768. The summed E-state index contributed by atoms with van der Waals surface area (Å²) in [4.78, 5) is 16.4. The standard InChI is InChI=1S/C15H11N2OS/c1-10-5-4-6-11(9-10)14(18)17-15-16-12-7-2-3-8-13(12)19-15/h2-9H,1H2,(H,16,17,18). The fraction of sp³-hybridized carbons (Fsp3) is 0. The summed E-state index contributed by atoms with van der Waals surface area (Å²) in [7, 11) is 0. The van der Waals surface area contributed by atoms with Gasteiger partial charge in [0.15, 0.2) is 5.13 Å². The van der Waals surface area contributed by atoms with Crippen LogP contribution in [0.25, 0.3) is 10.2 Å². The number of carbonyl (C=O) groups is 1. The Morgan fingerprint density at radius 3 is 2.79 bits per heavy atom. The maximum absolute atomic E-state index is 12.1. The van der Waals surface area contributed by atoms with Gasteiger partial charge in [0.05, 0.1) is 10.2 Å². The summed E-state index contributed by atoms with van der Waals surface area (Å²) in [6.45, 7) is 3.81. The number of hydrogen-bond donors (Lipinski definition) is 1. The molecule has 0 aliphatic carbocycles. The topological polar surface area (TPSA) is 42.0 Å². The Morgan fingerprint density at radius 1 is 1.16 bits per heavy atom. The second kappa shape index (κ2) is 4.82. The smallest absolute Gasteiger partial charge is 0.257 e. The van der Waals surface area contributed by atoms with Crippen molar-refractivity contribution in [3.05, 3.63) is 66.6 Å². The lowest BCUT2D eigenvalue weighted by Gasteiger charge is -2.02. The number of para-hydroxylation sites is 1. The molecule has 0 unspecified atom stereocenters. The molecular formula is C15H11N2OS. The number of hydrogen-bond acceptors (Lipinski definition) is 3. The van der Waals surface area contributed by atoms with Crippen molar-refractivity contribution in [3.63, 3.8) is 0 Å². The number of benzene rings is 2. The van der Waals surface area contributed by atoms with Crippen molar-refractivity contribution in [3.8, 4) is 0 Å². The molecule has 4 heteroatoms. The second-order valence-electron chi connectivity index (χ2n) is 4.14. The Balaban J connectivity index is 1.86. The van der Waals surface area contributed by atoms with E-state index in [9.17, 15) is 4.79 Å². The van der Waals surface area contributed by atoms with E-state index >= 15 is 0 Å². The third-order valence-corrected chi connectivity index (χ3v) is 3.66. The summed E-state index contributed by atoms with van der Waals surface area (Å²) in [5, 5.41) is 3.43. The number of rotatable bonds is 2. The molecule has 0 saturated heterocycles. The molecule has 1 aromatic heterocycles. The van der Waals surface area contributed by atoms with Crippen molar-refractivity contribution >= 4 is 32.6 Å². The van der Waals surface area contributed by atoms with Crippen LogP contribution in [0, 0.1) is 6.92 Å². The molecule has 1 N–H and O–H groups in total. The highest BCUT2D eigenvalue weighted by Gasteiger charge is 2.09. The number of thiazole rings is 1. The fourth-order valence-corrected chi connectivity index (χ4v) is 2.67. The van der Waals surface area contributed by atoms with Gasteiger partial charge < -0.3 is 0 Å². The molecule has 0 saturated carbocycles. The second-order valence-corrected chi connectivity index (χ2v) is 5.17. The lowest BCUT2D eigenvalue weighted by Crippen LogP contribution is -2.11. The van der Waals surface area contributed by atoms with E-state index in [-0.39, 0.29) is 5.91 Å². The van der Waals surface area contributed by atoms with Gasteiger partial charge in [-0.25, -0.2) is 4.98 Å². The molecule has 1 radical (unpaired) electrons. The molecule has 0 bridgehead atoms. The minimum Gasteiger partial charge on any atom is -0.298 e. The van der Waals surface area contributed by atoms with Crippen molar-refractivity contribution in [2.45, 2.75) is 0 Å². The van der Waals surface area contributed by atoms with Crippen LogP contribution in [0.5, 0.6) is 0 Å². The first-order valence-corrected chi connectivity index (χ1v) is 6.63. The Hall–Kier alpha value is -2.20. The summed E-state index contributed by atoms with van der Waals surface area (Å²) in [5.74, 6) is -0.162. The molecule has 0 atom stereocenters. The van der Waals surface area contributed by atoms with Crippen molar-refractivity contribution in [2.75, 3.05) is 5.32 Å². The minimum atomic E-state index is -0.162. The molecule has 0 aliphatic heterocycles. The monoisotopic (exact) mass is 267 g/mol. The minimum absolute atomic E-state index is 0.162. The number of amides is 1. The van der Waals surface area contributed by atoms with E-state index in [2.05, 4.69) is 17.2 Å². The van der Waals surface area contributed by atoms with Crippen molar-refractivity contribution in [1.29, 1.82) is 0 Å². The fourth-order valence-electron chi connectivity index (χ4n) is 1.81. The molecule has 2 aromatic carbocycles.